The molecule has 1 aliphatic heterocycles. The van der Waals surface area contributed by atoms with Crippen molar-refractivity contribution < 1.29 is 14.7 Å². The van der Waals surface area contributed by atoms with Gasteiger partial charge in [0.2, 0.25) is 5.91 Å². The molecule has 0 aromatic heterocycles. The van der Waals surface area contributed by atoms with Crippen molar-refractivity contribution in [1.82, 2.24) is 9.80 Å². The molecule has 108 valence electrons. The highest BCUT2D eigenvalue weighted by atomic mass is 16.4. The molecule has 1 amide bonds. The zero-order valence-electron chi connectivity index (χ0n) is 11.7. The van der Waals surface area contributed by atoms with Crippen LogP contribution in [0.15, 0.2) is 24.3 Å². The highest BCUT2D eigenvalue weighted by molar-refractivity contribution is 5.78. The van der Waals surface area contributed by atoms with Crippen molar-refractivity contribution in [1.29, 1.82) is 0 Å². The quantitative estimate of drug-likeness (QED) is 0.890. The number of carbonyl (C=O) groups excluding carboxylic acids is 1. The second-order valence-electron chi connectivity index (χ2n) is 5.27. The molecule has 1 N–H and O–H groups in total. The first kappa shape index (κ1) is 14.5. The van der Waals surface area contributed by atoms with Crippen LogP contribution in [0.25, 0.3) is 0 Å². The number of nitrogens with zero attached hydrogens (tertiary/aromatic N) is 2. The van der Waals surface area contributed by atoms with Crippen molar-refractivity contribution in [2.45, 2.75) is 19.4 Å². The van der Waals surface area contributed by atoms with E-state index in [1.165, 1.54) is 0 Å². The second-order valence-corrected chi connectivity index (χ2v) is 5.27. The highest BCUT2D eigenvalue weighted by Crippen LogP contribution is 2.11. The lowest BCUT2D eigenvalue weighted by molar-refractivity contribution is -0.136. The Morgan fingerprint density at radius 3 is 2.50 bits per heavy atom. The Morgan fingerprint density at radius 1 is 1.20 bits per heavy atom. The lowest BCUT2D eigenvalue weighted by Gasteiger charge is -2.19. The van der Waals surface area contributed by atoms with Crippen LogP contribution in [0.4, 0.5) is 0 Å². The summed E-state index contributed by atoms with van der Waals surface area (Å²) in [6, 6.07) is 7.57. The van der Waals surface area contributed by atoms with E-state index in [-0.39, 0.29) is 12.3 Å². The summed E-state index contributed by atoms with van der Waals surface area (Å²) < 4.78 is 0. The zero-order valence-corrected chi connectivity index (χ0v) is 11.7. The fourth-order valence-corrected chi connectivity index (χ4v) is 2.38. The van der Waals surface area contributed by atoms with Gasteiger partial charge in [0.05, 0.1) is 13.0 Å². The van der Waals surface area contributed by atoms with E-state index in [2.05, 4.69) is 4.90 Å². The third-order valence-electron chi connectivity index (χ3n) is 3.54. The molecular formula is C15H20N2O3. The molecule has 0 radical (unpaired) electrons. The predicted molar refractivity (Wildman–Crippen MR) is 75.3 cm³/mol. The molecule has 5 heteroatoms. The largest absolute Gasteiger partial charge is 0.481 e. The van der Waals surface area contributed by atoms with Crippen molar-refractivity contribution in [3.05, 3.63) is 35.4 Å². The molecule has 1 heterocycles. The van der Waals surface area contributed by atoms with Crippen molar-refractivity contribution in [2.24, 2.45) is 0 Å². The Morgan fingerprint density at radius 2 is 1.85 bits per heavy atom. The van der Waals surface area contributed by atoms with Crippen molar-refractivity contribution in [3.63, 3.8) is 0 Å². The summed E-state index contributed by atoms with van der Waals surface area (Å²) in [6.45, 7) is 2.90. The maximum absolute atomic E-state index is 11.8. The molecule has 1 fully saturated rings. The lowest BCUT2D eigenvalue weighted by Crippen LogP contribution is -2.34. The number of likely N-dealkylation sites (N-methyl/N-ethyl adjacent to an activating group) is 1. The minimum Gasteiger partial charge on any atom is -0.481 e. The van der Waals surface area contributed by atoms with Crippen molar-refractivity contribution in [3.8, 4) is 0 Å². The Kier molecular flexibility index (Phi) is 4.74. The van der Waals surface area contributed by atoms with Crippen LogP contribution in [0.3, 0.4) is 0 Å². The van der Waals surface area contributed by atoms with Crippen LogP contribution >= 0.6 is 0 Å². The number of hydrogen-bond acceptors (Lipinski definition) is 3. The molecule has 0 atom stereocenters. The Balaban J connectivity index is 1.95. The molecule has 5 nitrogen and oxygen atoms in total. The van der Waals surface area contributed by atoms with Gasteiger partial charge in [-0.3, -0.25) is 14.5 Å². The number of carboxylic acids is 1. The van der Waals surface area contributed by atoms with E-state index in [1.807, 2.05) is 31.3 Å². The maximum Gasteiger partial charge on any atom is 0.307 e. The molecule has 20 heavy (non-hydrogen) atoms. The van der Waals surface area contributed by atoms with Gasteiger partial charge < -0.3 is 10.0 Å². The Bertz CT molecular complexity index is 484. The Labute approximate surface area is 118 Å². The van der Waals surface area contributed by atoms with Crippen molar-refractivity contribution >= 4 is 11.9 Å². The maximum atomic E-state index is 11.8. The van der Waals surface area contributed by atoms with E-state index in [4.69, 9.17) is 5.11 Å². The SMILES string of the molecule is CN1CCCN(Cc2ccc(CC(=O)O)cc2)CC1=O. The summed E-state index contributed by atoms with van der Waals surface area (Å²) in [4.78, 5) is 26.3. The normalized spacial score (nSPS) is 17.1. The lowest BCUT2D eigenvalue weighted by atomic mass is 10.1. The van der Waals surface area contributed by atoms with E-state index < -0.39 is 5.97 Å². The third kappa shape index (κ3) is 4.06. The summed E-state index contributed by atoms with van der Waals surface area (Å²) >= 11 is 0. The van der Waals surface area contributed by atoms with E-state index in [9.17, 15) is 9.59 Å². The van der Waals surface area contributed by atoms with E-state index in [0.717, 1.165) is 37.2 Å². The topological polar surface area (TPSA) is 60.9 Å². The van der Waals surface area contributed by atoms with Gasteiger partial charge in [0.1, 0.15) is 0 Å². The van der Waals surface area contributed by atoms with Crippen LogP contribution in [-0.2, 0) is 22.6 Å². The van der Waals surface area contributed by atoms with Crippen LogP contribution in [0, 0.1) is 0 Å². The number of benzene rings is 1. The number of carbonyl (C=O) groups is 2. The van der Waals surface area contributed by atoms with Gasteiger partial charge in [-0.25, -0.2) is 0 Å². The number of aliphatic carboxylic acids is 1. The van der Waals surface area contributed by atoms with Crippen LogP contribution < -0.4 is 0 Å². The fourth-order valence-electron chi connectivity index (χ4n) is 2.38. The molecule has 0 unspecified atom stereocenters. The van der Waals surface area contributed by atoms with Gasteiger partial charge in [0, 0.05) is 26.7 Å². The first-order chi connectivity index (χ1) is 9.54. The number of amides is 1. The van der Waals surface area contributed by atoms with Gasteiger partial charge >= 0.3 is 5.97 Å². The van der Waals surface area contributed by atoms with Crippen LogP contribution in [-0.4, -0.2) is 53.5 Å². The molecule has 1 aliphatic rings. The molecule has 2 rings (SSSR count). The minimum atomic E-state index is -0.820. The predicted octanol–water partition coefficient (Wildman–Crippen LogP) is 0.978. The molecule has 1 saturated heterocycles. The average molecular weight is 276 g/mol. The number of carboxylic acid groups (broad SMARTS) is 1. The molecular weight excluding hydrogens is 256 g/mol. The smallest absolute Gasteiger partial charge is 0.307 e. The van der Waals surface area contributed by atoms with Crippen molar-refractivity contribution in [2.75, 3.05) is 26.7 Å². The number of hydrogen-bond donors (Lipinski definition) is 1. The summed E-state index contributed by atoms with van der Waals surface area (Å²) in [6.07, 6.45) is 1.03. The van der Waals surface area contributed by atoms with Gasteiger partial charge in [0.15, 0.2) is 0 Å². The summed E-state index contributed by atoms with van der Waals surface area (Å²) in [5, 5.41) is 8.73. The minimum absolute atomic E-state index is 0.0489. The zero-order chi connectivity index (χ0) is 14.5. The third-order valence-corrected chi connectivity index (χ3v) is 3.54. The molecule has 1 aromatic rings. The van der Waals surface area contributed by atoms with Gasteiger partial charge in [-0.2, -0.15) is 0 Å². The first-order valence-electron chi connectivity index (χ1n) is 6.80. The van der Waals surface area contributed by atoms with E-state index in [0.29, 0.717) is 6.54 Å². The second kappa shape index (κ2) is 6.52. The first-order valence-corrected chi connectivity index (χ1v) is 6.80. The monoisotopic (exact) mass is 276 g/mol. The van der Waals surface area contributed by atoms with Gasteiger partial charge in [0.25, 0.3) is 0 Å². The number of rotatable bonds is 4. The Hall–Kier alpha value is -1.88. The summed E-state index contributed by atoms with van der Waals surface area (Å²) in [5.41, 5.74) is 1.91. The van der Waals surface area contributed by atoms with Gasteiger partial charge in [-0.15, -0.1) is 0 Å². The van der Waals surface area contributed by atoms with Gasteiger partial charge in [-0.1, -0.05) is 24.3 Å². The van der Waals surface area contributed by atoms with E-state index >= 15 is 0 Å². The molecule has 0 saturated carbocycles. The molecule has 0 bridgehead atoms. The van der Waals surface area contributed by atoms with Crippen LogP contribution in [0.2, 0.25) is 0 Å². The molecule has 1 aromatic carbocycles. The standard InChI is InChI=1S/C15H20N2O3/c1-16-7-2-8-17(11-14(16)18)10-13-5-3-12(4-6-13)9-15(19)20/h3-6H,2,7-11H2,1H3,(H,19,20). The summed E-state index contributed by atoms with van der Waals surface area (Å²) in [7, 11) is 1.84. The molecule has 0 aliphatic carbocycles. The molecule has 0 spiro atoms. The van der Waals surface area contributed by atoms with Gasteiger partial charge in [-0.05, 0) is 17.5 Å². The van der Waals surface area contributed by atoms with E-state index in [1.54, 1.807) is 4.90 Å². The highest BCUT2D eigenvalue weighted by Gasteiger charge is 2.18. The van der Waals surface area contributed by atoms with Crippen LogP contribution in [0.1, 0.15) is 17.5 Å². The average Bonchev–Trinajstić information content (AvgIpc) is 2.54. The fraction of sp³-hybridized carbons (Fsp3) is 0.467. The summed E-state index contributed by atoms with van der Waals surface area (Å²) in [5.74, 6) is -0.663. The van der Waals surface area contributed by atoms with Crippen LogP contribution in [0.5, 0.6) is 0 Å².